The van der Waals surface area contributed by atoms with Crippen LogP contribution >= 0.6 is 0 Å². The van der Waals surface area contributed by atoms with Gasteiger partial charge in [-0.25, -0.2) is 0 Å². The second kappa shape index (κ2) is 7.05. The molecule has 2 aliphatic heterocycles. The molecule has 0 spiro atoms. The Hall–Kier alpha value is -1.84. The maximum absolute atomic E-state index is 13.2. The van der Waals surface area contributed by atoms with Gasteiger partial charge in [0.2, 0.25) is 11.8 Å². The average Bonchev–Trinajstić information content (AvgIpc) is 3.37. The summed E-state index contributed by atoms with van der Waals surface area (Å²) in [6.45, 7) is 5.70. The lowest BCUT2D eigenvalue weighted by Crippen LogP contribution is -2.44. The highest BCUT2D eigenvalue weighted by molar-refractivity contribution is 5.91. The largest absolute Gasteiger partial charge is 0.343 e. The van der Waals surface area contributed by atoms with E-state index in [4.69, 9.17) is 0 Å². The van der Waals surface area contributed by atoms with Crippen LogP contribution in [0.25, 0.3) is 0 Å². The van der Waals surface area contributed by atoms with Crippen LogP contribution in [-0.2, 0) is 15.0 Å². The molecule has 4 rings (SSSR count). The molecule has 0 N–H and O–H groups in total. The van der Waals surface area contributed by atoms with E-state index in [-0.39, 0.29) is 5.41 Å². The number of rotatable bonds is 5. The average molecular weight is 354 g/mol. The monoisotopic (exact) mass is 354 g/mol. The highest BCUT2D eigenvalue weighted by Crippen LogP contribution is 2.50. The number of nitrogens with zero attached hydrogens (tertiary/aromatic N) is 2. The molecule has 140 valence electrons. The highest BCUT2D eigenvalue weighted by Gasteiger charge is 2.53. The van der Waals surface area contributed by atoms with E-state index in [1.165, 1.54) is 11.1 Å². The minimum atomic E-state index is -0.234. The Kier molecular flexibility index (Phi) is 4.76. The Morgan fingerprint density at radius 3 is 2.38 bits per heavy atom. The number of likely N-dealkylation sites (tertiary alicyclic amines) is 2. The molecular formula is C22H30N2O2. The summed E-state index contributed by atoms with van der Waals surface area (Å²) in [5.74, 6) is 1.32. The second-order valence-electron chi connectivity index (χ2n) is 8.46. The van der Waals surface area contributed by atoms with Crippen LogP contribution in [-0.4, -0.2) is 47.8 Å². The molecule has 2 heterocycles. The van der Waals surface area contributed by atoms with Crippen molar-refractivity contribution in [2.75, 3.05) is 26.2 Å². The molecule has 0 aromatic heterocycles. The summed E-state index contributed by atoms with van der Waals surface area (Å²) in [4.78, 5) is 29.0. The molecule has 4 heteroatoms. The molecule has 3 aliphatic rings. The van der Waals surface area contributed by atoms with Crippen molar-refractivity contribution in [1.82, 2.24) is 9.80 Å². The fraction of sp³-hybridized carbons (Fsp3) is 0.636. The molecule has 1 saturated carbocycles. The molecule has 0 radical (unpaired) electrons. The summed E-state index contributed by atoms with van der Waals surface area (Å²) in [5, 5.41) is 0. The number of aryl methyl sites for hydroxylation is 1. The number of hydrogen-bond acceptors (Lipinski definition) is 2. The van der Waals surface area contributed by atoms with Crippen molar-refractivity contribution >= 4 is 11.8 Å². The van der Waals surface area contributed by atoms with Crippen LogP contribution in [0.5, 0.6) is 0 Å². The van der Waals surface area contributed by atoms with Gasteiger partial charge in [-0.1, -0.05) is 29.8 Å². The first kappa shape index (κ1) is 17.6. The zero-order valence-corrected chi connectivity index (χ0v) is 15.9. The Morgan fingerprint density at radius 1 is 1.12 bits per heavy atom. The summed E-state index contributed by atoms with van der Waals surface area (Å²) in [6.07, 6.45) is 6.99. The standard InChI is InChI=1S/C22H30N2O2/c1-17-4-6-19(7-5-17)22(11-12-22)21(26)24-15-9-18(10-16-24)8-14-23-13-2-3-20(23)25/h4-7,18H,2-3,8-16H2,1H3. The summed E-state index contributed by atoms with van der Waals surface area (Å²) in [5.41, 5.74) is 2.21. The molecular weight excluding hydrogens is 324 g/mol. The molecule has 0 unspecified atom stereocenters. The summed E-state index contributed by atoms with van der Waals surface area (Å²) in [6, 6.07) is 8.52. The van der Waals surface area contributed by atoms with Crippen molar-refractivity contribution in [3.63, 3.8) is 0 Å². The van der Waals surface area contributed by atoms with Gasteiger partial charge in [0.1, 0.15) is 0 Å². The van der Waals surface area contributed by atoms with E-state index in [1.54, 1.807) is 0 Å². The molecule has 1 aromatic rings. The topological polar surface area (TPSA) is 40.6 Å². The lowest BCUT2D eigenvalue weighted by molar-refractivity contribution is -0.135. The minimum Gasteiger partial charge on any atom is -0.343 e. The predicted molar refractivity (Wildman–Crippen MR) is 102 cm³/mol. The first-order valence-electron chi connectivity index (χ1n) is 10.2. The lowest BCUT2D eigenvalue weighted by Gasteiger charge is -2.35. The van der Waals surface area contributed by atoms with E-state index in [2.05, 4.69) is 36.1 Å². The Balaban J connectivity index is 1.29. The van der Waals surface area contributed by atoms with Gasteiger partial charge in [-0.2, -0.15) is 0 Å². The molecule has 26 heavy (non-hydrogen) atoms. The number of hydrogen-bond donors (Lipinski definition) is 0. The van der Waals surface area contributed by atoms with E-state index >= 15 is 0 Å². The SMILES string of the molecule is Cc1ccc(C2(C(=O)N3CCC(CCN4CCCC4=O)CC3)CC2)cc1. The lowest BCUT2D eigenvalue weighted by atomic mass is 9.89. The maximum Gasteiger partial charge on any atom is 0.233 e. The normalized spacial score (nSPS) is 22.7. The van der Waals surface area contributed by atoms with Crippen LogP contribution in [0, 0.1) is 12.8 Å². The third kappa shape index (κ3) is 3.38. The number of carbonyl (C=O) groups is 2. The van der Waals surface area contributed by atoms with Crippen LogP contribution in [0.3, 0.4) is 0 Å². The second-order valence-corrected chi connectivity index (χ2v) is 8.46. The Labute approximate surface area is 156 Å². The van der Waals surface area contributed by atoms with Crippen LogP contribution in [0.2, 0.25) is 0 Å². The van der Waals surface area contributed by atoms with Gasteiger partial charge in [-0.05, 0) is 56.9 Å². The van der Waals surface area contributed by atoms with Gasteiger partial charge in [0.15, 0.2) is 0 Å². The molecule has 0 atom stereocenters. The fourth-order valence-electron chi connectivity index (χ4n) is 4.63. The van der Waals surface area contributed by atoms with E-state index < -0.39 is 0 Å². The van der Waals surface area contributed by atoms with E-state index in [0.717, 1.165) is 71.1 Å². The van der Waals surface area contributed by atoms with Crippen molar-refractivity contribution in [3.05, 3.63) is 35.4 Å². The van der Waals surface area contributed by atoms with E-state index in [9.17, 15) is 9.59 Å². The number of benzene rings is 1. The molecule has 1 aliphatic carbocycles. The van der Waals surface area contributed by atoms with Crippen LogP contribution < -0.4 is 0 Å². The summed E-state index contributed by atoms with van der Waals surface area (Å²) >= 11 is 0. The third-order valence-electron chi connectivity index (χ3n) is 6.64. The molecule has 0 bridgehead atoms. The highest BCUT2D eigenvalue weighted by atomic mass is 16.2. The van der Waals surface area contributed by atoms with Gasteiger partial charge < -0.3 is 9.80 Å². The number of carbonyl (C=O) groups excluding carboxylic acids is 2. The first-order chi connectivity index (χ1) is 12.6. The van der Waals surface area contributed by atoms with Gasteiger partial charge in [-0.3, -0.25) is 9.59 Å². The smallest absolute Gasteiger partial charge is 0.233 e. The van der Waals surface area contributed by atoms with Crippen molar-refractivity contribution in [1.29, 1.82) is 0 Å². The Bertz CT molecular complexity index is 670. The minimum absolute atomic E-state index is 0.234. The zero-order valence-electron chi connectivity index (χ0n) is 15.9. The molecule has 3 fully saturated rings. The van der Waals surface area contributed by atoms with Gasteiger partial charge >= 0.3 is 0 Å². The van der Waals surface area contributed by atoms with Crippen LogP contribution in [0.4, 0.5) is 0 Å². The van der Waals surface area contributed by atoms with E-state index in [0.29, 0.717) is 17.7 Å². The van der Waals surface area contributed by atoms with Crippen molar-refractivity contribution < 1.29 is 9.59 Å². The van der Waals surface area contributed by atoms with Gasteiger partial charge in [0.25, 0.3) is 0 Å². The van der Waals surface area contributed by atoms with Gasteiger partial charge in [0.05, 0.1) is 5.41 Å². The predicted octanol–water partition coefficient (Wildman–Crippen LogP) is 3.28. The van der Waals surface area contributed by atoms with E-state index in [1.807, 2.05) is 4.90 Å². The Morgan fingerprint density at radius 2 is 1.81 bits per heavy atom. The quantitative estimate of drug-likeness (QED) is 0.814. The molecule has 1 aromatic carbocycles. The summed E-state index contributed by atoms with van der Waals surface area (Å²) in [7, 11) is 0. The van der Waals surface area contributed by atoms with Crippen molar-refractivity contribution in [2.24, 2.45) is 5.92 Å². The van der Waals surface area contributed by atoms with Crippen molar-refractivity contribution in [2.45, 2.75) is 57.3 Å². The number of piperidine rings is 1. The molecule has 2 saturated heterocycles. The van der Waals surface area contributed by atoms with Gasteiger partial charge in [-0.15, -0.1) is 0 Å². The van der Waals surface area contributed by atoms with Crippen molar-refractivity contribution in [3.8, 4) is 0 Å². The summed E-state index contributed by atoms with van der Waals surface area (Å²) < 4.78 is 0. The zero-order chi connectivity index (χ0) is 18.1. The third-order valence-corrected chi connectivity index (χ3v) is 6.64. The fourth-order valence-corrected chi connectivity index (χ4v) is 4.63. The first-order valence-corrected chi connectivity index (χ1v) is 10.2. The maximum atomic E-state index is 13.2. The van der Waals surface area contributed by atoms with Crippen LogP contribution in [0.15, 0.2) is 24.3 Å². The number of amides is 2. The van der Waals surface area contributed by atoms with Gasteiger partial charge in [0, 0.05) is 32.6 Å². The van der Waals surface area contributed by atoms with Crippen LogP contribution in [0.1, 0.15) is 56.1 Å². The molecule has 2 amide bonds. The molecule has 4 nitrogen and oxygen atoms in total.